The van der Waals surface area contributed by atoms with Crippen LogP contribution in [0.25, 0.3) is 0 Å². The van der Waals surface area contributed by atoms with Gasteiger partial charge in [0, 0.05) is 6.42 Å². The largest absolute Gasteiger partial charge is 0.461 e. The lowest BCUT2D eigenvalue weighted by Gasteiger charge is -2.28. The maximum Gasteiger partial charge on any atom is 0.310 e. The van der Waals surface area contributed by atoms with Crippen LogP contribution in [-0.2, 0) is 36.6 Å². The monoisotopic (exact) mass is 394 g/mol. The molecule has 0 aromatic heterocycles. The fourth-order valence-electron chi connectivity index (χ4n) is 3.14. The van der Waals surface area contributed by atoms with Crippen LogP contribution in [-0.4, -0.2) is 41.6 Å². The zero-order chi connectivity index (χ0) is 20.7. The standard InChI is InChI=1S/C23H22O6/c1-2-23(16-27-20(24)13-17-9-5-3-6-10-17)19(15-22(26)29-23)28-21(25)14-18-11-7-4-8-12-18/h1,3-12,19,22,26H,13-16H2/t19-,22?,23+/m0/s1. The highest BCUT2D eigenvalue weighted by molar-refractivity contribution is 5.73. The smallest absolute Gasteiger partial charge is 0.310 e. The maximum atomic E-state index is 12.3. The Kier molecular flexibility index (Phi) is 6.65. The third-order valence-electron chi connectivity index (χ3n) is 4.63. The summed E-state index contributed by atoms with van der Waals surface area (Å²) >= 11 is 0. The summed E-state index contributed by atoms with van der Waals surface area (Å²) in [5, 5.41) is 9.92. The van der Waals surface area contributed by atoms with Gasteiger partial charge >= 0.3 is 11.9 Å². The summed E-state index contributed by atoms with van der Waals surface area (Å²) in [5.74, 6) is 1.41. The van der Waals surface area contributed by atoms with Gasteiger partial charge in [-0.15, -0.1) is 6.42 Å². The molecule has 6 nitrogen and oxygen atoms in total. The molecule has 3 atom stereocenters. The van der Waals surface area contributed by atoms with Crippen molar-refractivity contribution < 1.29 is 28.9 Å². The number of terminal acetylenes is 1. The minimum atomic E-state index is -1.53. The summed E-state index contributed by atoms with van der Waals surface area (Å²) in [4.78, 5) is 24.5. The fraction of sp³-hybridized carbons (Fsp3) is 0.304. The Morgan fingerprint density at radius 3 is 2.14 bits per heavy atom. The molecule has 2 aromatic rings. The van der Waals surface area contributed by atoms with E-state index in [0.29, 0.717) is 0 Å². The van der Waals surface area contributed by atoms with Crippen LogP contribution >= 0.6 is 0 Å². The van der Waals surface area contributed by atoms with Crippen molar-refractivity contribution in [3.05, 3.63) is 71.8 Å². The Bertz CT molecular complexity index is 873. The molecule has 1 aliphatic heterocycles. The number of carbonyl (C=O) groups is 2. The molecule has 1 aliphatic rings. The third-order valence-corrected chi connectivity index (χ3v) is 4.63. The molecule has 2 aromatic carbocycles. The second-order valence-electron chi connectivity index (χ2n) is 6.81. The van der Waals surface area contributed by atoms with Crippen LogP contribution < -0.4 is 0 Å². The Morgan fingerprint density at radius 1 is 1.03 bits per heavy atom. The van der Waals surface area contributed by atoms with Crippen molar-refractivity contribution in [2.45, 2.75) is 37.3 Å². The Hall–Kier alpha value is -3.14. The van der Waals surface area contributed by atoms with Crippen molar-refractivity contribution >= 4 is 11.9 Å². The van der Waals surface area contributed by atoms with Crippen molar-refractivity contribution in [1.29, 1.82) is 0 Å². The number of rotatable bonds is 7. The molecule has 1 unspecified atom stereocenters. The molecule has 0 aliphatic carbocycles. The van der Waals surface area contributed by atoms with Gasteiger partial charge < -0.3 is 19.3 Å². The zero-order valence-corrected chi connectivity index (χ0v) is 15.8. The van der Waals surface area contributed by atoms with Crippen molar-refractivity contribution in [1.82, 2.24) is 0 Å². The molecule has 1 saturated heterocycles. The molecule has 29 heavy (non-hydrogen) atoms. The molecule has 1 N–H and O–H groups in total. The van der Waals surface area contributed by atoms with Gasteiger partial charge in [0.15, 0.2) is 12.4 Å². The van der Waals surface area contributed by atoms with Crippen LogP contribution in [0.4, 0.5) is 0 Å². The van der Waals surface area contributed by atoms with Crippen molar-refractivity contribution in [3.8, 4) is 12.3 Å². The molecule has 150 valence electrons. The van der Waals surface area contributed by atoms with E-state index in [1.165, 1.54) is 0 Å². The first-order chi connectivity index (χ1) is 14.0. The van der Waals surface area contributed by atoms with Gasteiger partial charge in [0.1, 0.15) is 6.61 Å². The van der Waals surface area contributed by atoms with E-state index in [0.717, 1.165) is 11.1 Å². The Morgan fingerprint density at radius 2 is 1.59 bits per heavy atom. The minimum absolute atomic E-state index is 0.000958. The lowest BCUT2D eigenvalue weighted by Crippen LogP contribution is -2.45. The van der Waals surface area contributed by atoms with Crippen LogP contribution in [0, 0.1) is 12.3 Å². The first-order valence-corrected chi connectivity index (χ1v) is 9.27. The summed E-state index contributed by atoms with van der Waals surface area (Å²) in [6, 6.07) is 18.2. The van der Waals surface area contributed by atoms with Gasteiger partial charge in [-0.2, -0.15) is 0 Å². The molecule has 1 fully saturated rings. The summed E-state index contributed by atoms with van der Waals surface area (Å²) < 4.78 is 16.2. The number of hydrogen-bond donors (Lipinski definition) is 1. The molecule has 1 heterocycles. The van der Waals surface area contributed by atoms with E-state index in [-0.39, 0.29) is 25.9 Å². The first-order valence-electron chi connectivity index (χ1n) is 9.27. The SMILES string of the molecule is C#C[C@]1(COC(=O)Cc2ccccc2)OC(O)C[C@@H]1OC(=O)Cc1ccccc1. The van der Waals surface area contributed by atoms with E-state index in [9.17, 15) is 14.7 Å². The van der Waals surface area contributed by atoms with E-state index in [4.69, 9.17) is 20.6 Å². The van der Waals surface area contributed by atoms with Crippen molar-refractivity contribution in [2.75, 3.05) is 6.61 Å². The Balaban J connectivity index is 1.61. The molecule has 0 amide bonds. The van der Waals surface area contributed by atoms with Crippen LogP contribution in [0.1, 0.15) is 17.5 Å². The normalized spacial score (nSPS) is 23.2. The van der Waals surface area contributed by atoms with Gasteiger partial charge in [-0.3, -0.25) is 9.59 Å². The number of aliphatic hydroxyl groups excluding tert-OH is 1. The van der Waals surface area contributed by atoms with E-state index in [1.54, 1.807) is 12.1 Å². The second kappa shape index (κ2) is 9.37. The molecular formula is C23H22O6. The lowest BCUT2D eigenvalue weighted by atomic mass is 9.98. The predicted octanol–water partition coefficient (Wildman–Crippen LogP) is 2.04. The fourth-order valence-corrected chi connectivity index (χ4v) is 3.14. The average Bonchev–Trinajstić information content (AvgIpc) is 3.03. The second-order valence-corrected chi connectivity index (χ2v) is 6.81. The van der Waals surface area contributed by atoms with Gasteiger partial charge in [-0.25, -0.2) is 0 Å². The highest BCUT2D eigenvalue weighted by atomic mass is 16.7. The molecule has 0 radical (unpaired) electrons. The average molecular weight is 394 g/mol. The topological polar surface area (TPSA) is 82.1 Å². The van der Waals surface area contributed by atoms with Gasteiger partial charge in [0.25, 0.3) is 0 Å². The maximum absolute atomic E-state index is 12.3. The summed E-state index contributed by atoms with van der Waals surface area (Å²) in [6.07, 6.45) is 3.61. The van der Waals surface area contributed by atoms with Gasteiger partial charge in [-0.05, 0) is 11.1 Å². The molecule has 3 rings (SSSR count). The third kappa shape index (κ3) is 5.44. The highest BCUT2D eigenvalue weighted by Gasteiger charge is 2.51. The minimum Gasteiger partial charge on any atom is -0.461 e. The van der Waals surface area contributed by atoms with E-state index in [1.807, 2.05) is 48.5 Å². The van der Waals surface area contributed by atoms with Gasteiger partial charge in [-0.1, -0.05) is 66.6 Å². The summed E-state index contributed by atoms with van der Waals surface area (Å²) in [6.45, 7) is -0.324. The number of carbonyl (C=O) groups excluding carboxylic acids is 2. The lowest BCUT2D eigenvalue weighted by molar-refractivity contribution is -0.174. The molecule has 0 spiro atoms. The first kappa shape index (κ1) is 20.6. The zero-order valence-electron chi connectivity index (χ0n) is 15.8. The highest BCUT2D eigenvalue weighted by Crippen LogP contribution is 2.32. The van der Waals surface area contributed by atoms with Crippen LogP contribution in [0.5, 0.6) is 0 Å². The predicted molar refractivity (Wildman–Crippen MR) is 104 cm³/mol. The summed E-state index contributed by atoms with van der Waals surface area (Å²) in [7, 11) is 0. The van der Waals surface area contributed by atoms with Gasteiger partial charge in [0.2, 0.25) is 5.60 Å². The Labute approximate surface area is 169 Å². The number of hydrogen-bond acceptors (Lipinski definition) is 6. The number of benzene rings is 2. The number of aliphatic hydroxyl groups is 1. The van der Waals surface area contributed by atoms with Crippen LogP contribution in [0.3, 0.4) is 0 Å². The molecular weight excluding hydrogens is 372 g/mol. The number of ether oxygens (including phenoxy) is 3. The van der Waals surface area contributed by atoms with Crippen LogP contribution in [0.2, 0.25) is 0 Å². The van der Waals surface area contributed by atoms with Crippen molar-refractivity contribution in [2.24, 2.45) is 0 Å². The van der Waals surface area contributed by atoms with E-state index < -0.39 is 29.9 Å². The molecule has 0 bridgehead atoms. The molecule has 0 saturated carbocycles. The van der Waals surface area contributed by atoms with Crippen LogP contribution in [0.15, 0.2) is 60.7 Å². The summed E-state index contributed by atoms with van der Waals surface area (Å²) in [5.41, 5.74) is 0.0565. The van der Waals surface area contributed by atoms with E-state index in [2.05, 4.69) is 5.92 Å². The van der Waals surface area contributed by atoms with Crippen molar-refractivity contribution in [3.63, 3.8) is 0 Å². The molecule has 6 heteroatoms. The number of esters is 2. The quantitative estimate of drug-likeness (QED) is 0.572. The van der Waals surface area contributed by atoms with E-state index >= 15 is 0 Å². The van der Waals surface area contributed by atoms with Gasteiger partial charge in [0.05, 0.1) is 12.8 Å².